The first-order valence-electron chi connectivity index (χ1n) is 10.5. The summed E-state index contributed by atoms with van der Waals surface area (Å²) in [6, 6.07) is 23.8. The first kappa shape index (κ1) is 18.9. The maximum atomic E-state index is 11.1. The number of aldehydes is 1. The summed E-state index contributed by atoms with van der Waals surface area (Å²) in [5.41, 5.74) is 6.17. The third-order valence-corrected chi connectivity index (χ3v) is 5.61. The van der Waals surface area contributed by atoms with E-state index in [1.54, 1.807) is 6.20 Å². The van der Waals surface area contributed by atoms with Crippen molar-refractivity contribution in [3.63, 3.8) is 0 Å². The van der Waals surface area contributed by atoms with Crippen molar-refractivity contribution < 1.29 is 4.79 Å². The highest BCUT2D eigenvalue weighted by Crippen LogP contribution is 2.29. The van der Waals surface area contributed by atoms with E-state index in [1.165, 1.54) is 0 Å². The van der Waals surface area contributed by atoms with Crippen molar-refractivity contribution in [2.75, 3.05) is 5.32 Å². The number of fused-ring (bicyclic) bond motifs is 2. The lowest BCUT2D eigenvalue weighted by molar-refractivity contribution is 0.112. The van der Waals surface area contributed by atoms with Crippen LogP contribution in [0.2, 0.25) is 0 Å². The van der Waals surface area contributed by atoms with Gasteiger partial charge in [-0.2, -0.15) is 5.10 Å². The summed E-state index contributed by atoms with van der Waals surface area (Å²) in [6.07, 6.45) is 4.48. The Labute approximate surface area is 188 Å². The van der Waals surface area contributed by atoms with Gasteiger partial charge in [0.1, 0.15) is 5.82 Å². The van der Waals surface area contributed by atoms with Crippen LogP contribution in [0.3, 0.4) is 0 Å². The van der Waals surface area contributed by atoms with E-state index in [4.69, 9.17) is 9.97 Å². The van der Waals surface area contributed by atoms with Crippen molar-refractivity contribution in [3.05, 3.63) is 90.9 Å². The molecule has 0 saturated carbocycles. The predicted octanol–water partition coefficient (Wildman–Crippen LogP) is 5.72. The number of hydrogen-bond acceptors (Lipinski definition) is 5. The number of para-hydroxylation sites is 1. The number of nitrogens with one attached hydrogen (secondary N) is 3. The molecule has 158 valence electrons. The molecule has 0 atom stereocenters. The zero-order valence-corrected chi connectivity index (χ0v) is 17.4. The Bertz CT molecular complexity index is 1600. The number of carbonyl (C=O) groups is 1. The Morgan fingerprint density at radius 1 is 0.848 bits per heavy atom. The second-order valence-corrected chi connectivity index (χ2v) is 7.75. The van der Waals surface area contributed by atoms with Crippen LogP contribution in [0.15, 0.2) is 85.2 Å². The van der Waals surface area contributed by atoms with Gasteiger partial charge in [-0.1, -0.05) is 36.4 Å². The summed E-state index contributed by atoms with van der Waals surface area (Å²) >= 11 is 0. The van der Waals surface area contributed by atoms with Crippen LogP contribution in [0.5, 0.6) is 0 Å². The Hall–Kier alpha value is -4.78. The lowest BCUT2D eigenvalue weighted by Crippen LogP contribution is -1.99. The van der Waals surface area contributed by atoms with Gasteiger partial charge < -0.3 is 10.3 Å². The molecule has 3 heterocycles. The van der Waals surface area contributed by atoms with Crippen molar-refractivity contribution in [3.8, 4) is 22.5 Å². The minimum absolute atomic E-state index is 0.544. The summed E-state index contributed by atoms with van der Waals surface area (Å²) in [5.74, 6) is 1.34. The van der Waals surface area contributed by atoms with Crippen LogP contribution in [0.25, 0.3) is 44.3 Å². The van der Waals surface area contributed by atoms with Crippen molar-refractivity contribution in [2.45, 2.75) is 0 Å². The Balaban J connectivity index is 1.41. The highest BCUT2D eigenvalue weighted by atomic mass is 16.1. The monoisotopic (exact) mass is 430 g/mol. The van der Waals surface area contributed by atoms with Crippen LogP contribution < -0.4 is 5.32 Å². The summed E-state index contributed by atoms with van der Waals surface area (Å²) in [4.78, 5) is 23.9. The smallest absolute Gasteiger partial charge is 0.166 e. The highest BCUT2D eigenvalue weighted by molar-refractivity contribution is 5.94. The number of rotatable bonds is 5. The molecule has 0 fully saturated rings. The van der Waals surface area contributed by atoms with Gasteiger partial charge in [-0.15, -0.1) is 0 Å². The molecule has 0 unspecified atom stereocenters. The third kappa shape index (κ3) is 3.51. The fraction of sp³-hybridized carbons (Fsp3) is 0. The first-order valence-corrected chi connectivity index (χ1v) is 10.5. The molecule has 0 radical (unpaired) electrons. The highest BCUT2D eigenvalue weighted by Gasteiger charge is 2.11. The number of nitrogens with zero attached hydrogens (tertiary/aromatic N) is 3. The predicted molar refractivity (Wildman–Crippen MR) is 130 cm³/mol. The Kier molecular flexibility index (Phi) is 4.43. The maximum Gasteiger partial charge on any atom is 0.166 e. The molecule has 0 saturated heterocycles. The third-order valence-electron chi connectivity index (χ3n) is 5.61. The van der Waals surface area contributed by atoms with Gasteiger partial charge in [0.15, 0.2) is 12.1 Å². The van der Waals surface area contributed by atoms with Gasteiger partial charge >= 0.3 is 0 Å². The fourth-order valence-electron chi connectivity index (χ4n) is 3.94. The lowest BCUT2D eigenvalue weighted by atomic mass is 10.1. The molecule has 0 aliphatic carbocycles. The summed E-state index contributed by atoms with van der Waals surface area (Å²) in [6.45, 7) is 0. The van der Waals surface area contributed by atoms with Gasteiger partial charge in [0.25, 0.3) is 0 Å². The van der Waals surface area contributed by atoms with Crippen LogP contribution in [-0.2, 0) is 0 Å². The van der Waals surface area contributed by atoms with E-state index in [0.29, 0.717) is 11.5 Å². The van der Waals surface area contributed by atoms with Gasteiger partial charge in [0.2, 0.25) is 0 Å². The lowest BCUT2D eigenvalue weighted by Gasteiger charge is -2.12. The fourth-order valence-corrected chi connectivity index (χ4v) is 3.94. The van der Waals surface area contributed by atoms with E-state index in [2.05, 4.69) is 20.5 Å². The summed E-state index contributed by atoms with van der Waals surface area (Å²) in [5, 5.41) is 12.2. The summed E-state index contributed by atoms with van der Waals surface area (Å²) < 4.78 is 0. The number of H-pyrrole nitrogens is 2. The molecular formula is C26H18N6O. The molecule has 7 heteroatoms. The molecule has 0 bridgehead atoms. The molecule has 3 aromatic heterocycles. The van der Waals surface area contributed by atoms with Crippen molar-refractivity contribution >= 4 is 39.6 Å². The topological polar surface area (TPSA) is 99.3 Å². The number of benzene rings is 3. The van der Waals surface area contributed by atoms with Crippen LogP contribution in [0.4, 0.5) is 11.5 Å². The van der Waals surface area contributed by atoms with Gasteiger partial charge in [-0.25, -0.2) is 9.97 Å². The number of hydrogen-bond donors (Lipinski definition) is 3. The Morgan fingerprint density at radius 2 is 1.70 bits per heavy atom. The van der Waals surface area contributed by atoms with Crippen LogP contribution in [0, 0.1) is 0 Å². The number of aromatic amines is 2. The van der Waals surface area contributed by atoms with E-state index in [1.807, 2.05) is 79.0 Å². The first-order chi connectivity index (χ1) is 16.3. The molecule has 3 aromatic carbocycles. The van der Waals surface area contributed by atoms with E-state index in [0.717, 1.165) is 56.3 Å². The molecule has 0 aliphatic rings. The average molecular weight is 430 g/mol. The van der Waals surface area contributed by atoms with Crippen LogP contribution in [0.1, 0.15) is 10.5 Å². The van der Waals surface area contributed by atoms with Crippen molar-refractivity contribution in [1.29, 1.82) is 0 Å². The van der Waals surface area contributed by atoms with Gasteiger partial charge in [-0.3, -0.25) is 9.89 Å². The number of carbonyl (C=O) groups excluding carboxylic acids is 1. The second kappa shape index (κ2) is 7.72. The van der Waals surface area contributed by atoms with Gasteiger partial charge in [0, 0.05) is 39.3 Å². The van der Waals surface area contributed by atoms with E-state index in [9.17, 15) is 4.79 Å². The molecule has 0 aliphatic heterocycles. The zero-order valence-electron chi connectivity index (χ0n) is 17.4. The quantitative estimate of drug-likeness (QED) is 0.304. The molecule has 33 heavy (non-hydrogen) atoms. The zero-order chi connectivity index (χ0) is 22.2. The SMILES string of the molecule is O=Cc1cc2ccc(-c3nc(Nc4ccc(-c5cn[nH]c5)cc4)c4ccccc4n3)cc2[nH]1. The average Bonchev–Trinajstić information content (AvgIpc) is 3.54. The minimum Gasteiger partial charge on any atom is -0.352 e. The van der Waals surface area contributed by atoms with Gasteiger partial charge in [0.05, 0.1) is 17.4 Å². The molecule has 0 amide bonds. The van der Waals surface area contributed by atoms with Crippen molar-refractivity contribution in [2.24, 2.45) is 0 Å². The van der Waals surface area contributed by atoms with Crippen LogP contribution >= 0.6 is 0 Å². The largest absolute Gasteiger partial charge is 0.352 e. The normalized spacial score (nSPS) is 11.2. The standard InChI is InChI=1S/C26H18N6O/c33-15-21-11-17-5-6-18(12-24(17)29-21)25-31-23-4-2-1-3-22(23)26(32-25)30-20-9-7-16(8-10-20)19-13-27-28-14-19/h1-15,29H,(H,27,28)(H,30,31,32). The maximum absolute atomic E-state index is 11.1. The van der Waals surface area contributed by atoms with Gasteiger partial charge in [-0.05, 0) is 42.0 Å². The van der Waals surface area contributed by atoms with E-state index in [-0.39, 0.29) is 0 Å². The van der Waals surface area contributed by atoms with Crippen molar-refractivity contribution in [1.82, 2.24) is 25.1 Å². The molecular weight excluding hydrogens is 412 g/mol. The van der Waals surface area contributed by atoms with E-state index < -0.39 is 0 Å². The van der Waals surface area contributed by atoms with E-state index >= 15 is 0 Å². The molecule has 6 aromatic rings. The molecule has 0 spiro atoms. The number of aromatic nitrogens is 5. The second-order valence-electron chi connectivity index (χ2n) is 7.75. The number of anilines is 2. The molecule has 7 nitrogen and oxygen atoms in total. The minimum atomic E-state index is 0.544. The molecule has 3 N–H and O–H groups in total. The summed E-state index contributed by atoms with van der Waals surface area (Å²) in [7, 11) is 0. The Morgan fingerprint density at radius 3 is 2.52 bits per heavy atom. The molecule has 6 rings (SSSR count). The van der Waals surface area contributed by atoms with Crippen LogP contribution in [-0.4, -0.2) is 31.4 Å².